The van der Waals surface area contributed by atoms with E-state index in [0.29, 0.717) is 6.04 Å². The van der Waals surface area contributed by atoms with Crippen molar-refractivity contribution < 1.29 is 4.79 Å². The number of aryl methyl sites for hydroxylation is 2. The van der Waals surface area contributed by atoms with Gasteiger partial charge < -0.3 is 10.2 Å². The van der Waals surface area contributed by atoms with Crippen molar-refractivity contribution in [3.8, 4) is 0 Å². The van der Waals surface area contributed by atoms with Crippen LogP contribution in [0, 0.1) is 5.92 Å². The molecule has 0 radical (unpaired) electrons. The van der Waals surface area contributed by atoms with Crippen LogP contribution in [0.4, 0.5) is 0 Å². The van der Waals surface area contributed by atoms with Crippen LogP contribution in [-0.2, 0) is 17.6 Å². The quantitative estimate of drug-likeness (QED) is 0.626. The molecule has 29 heavy (non-hydrogen) atoms. The first-order valence-electron chi connectivity index (χ1n) is 11.3. The Morgan fingerprint density at radius 3 is 1.86 bits per heavy atom. The molecule has 1 heterocycles. The van der Waals surface area contributed by atoms with E-state index in [1.165, 1.54) is 11.1 Å². The topological polar surface area (TPSA) is 32.3 Å². The summed E-state index contributed by atoms with van der Waals surface area (Å²) in [5.41, 5.74) is 2.73. The van der Waals surface area contributed by atoms with Crippen LogP contribution in [0.1, 0.15) is 49.7 Å². The third-order valence-corrected chi connectivity index (χ3v) is 6.16. The monoisotopic (exact) mass is 392 g/mol. The first kappa shape index (κ1) is 21.6. The van der Waals surface area contributed by atoms with Crippen LogP contribution in [0.3, 0.4) is 0 Å². The van der Waals surface area contributed by atoms with E-state index in [4.69, 9.17) is 0 Å². The van der Waals surface area contributed by atoms with Crippen molar-refractivity contribution in [3.63, 3.8) is 0 Å². The summed E-state index contributed by atoms with van der Waals surface area (Å²) in [5.74, 6) is 0.405. The molecule has 0 unspecified atom stereocenters. The van der Waals surface area contributed by atoms with Crippen LogP contribution >= 0.6 is 0 Å². The SMILES string of the molecule is CN1CCC(NC(=O)C(CCCc2ccccc2)CCCc2ccccc2)CC1. The second-order valence-electron chi connectivity index (χ2n) is 8.54. The van der Waals surface area contributed by atoms with Gasteiger partial charge in [-0.15, -0.1) is 0 Å². The molecule has 2 aromatic carbocycles. The fourth-order valence-corrected chi connectivity index (χ4v) is 4.27. The van der Waals surface area contributed by atoms with Gasteiger partial charge in [-0.3, -0.25) is 4.79 Å². The number of hydrogen-bond donors (Lipinski definition) is 1. The van der Waals surface area contributed by atoms with Gasteiger partial charge in [0.2, 0.25) is 5.91 Å². The average molecular weight is 393 g/mol. The van der Waals surface area contributed by atoms with Gasteiger partial charge in [0.25, 0.3) is 0 Å². The lowest BCUT2D eigenvalue weighted by Crippen LogP contribution is -2.45. The Morgan fingerprint density at radius 1 is 0.897 bits per heavy atom. The highest BCUT2D eigenvalue weighted by Gasteiger charge is 2.23. The molecule has 1 saturated heterocycles. The normalized spacial score (nSPS) is 15.5. The highest BCUT2D eigenvalue weighted by Crippen LogP contribution is 2.19. The zero-order valence-corrected chi connectivity index (χ0v) is 17.9. The molecule has 1 N–H and O–H groups in total. The minimum absolute atomic E-state index is 0.127. The number of hydrogen-bond acceptors (Lipinski definition) is 2. The van der Waals surface area contributed by atoms with E-state index in [9.17, 15) is 4.79 Å². The summed E-state index contributed by atoms with van der Waals surface area (Å²) in [6, 6.07) is 21.6. The number of rotatable bonds is 10. The van der Waals surface area contributed by atoms with E-state index in [1.54, 1.807) is 0 Å². The van der Waals surface area contributed by atoms with Crippen molar-refractivity contribution in [1.82, 2.24) is 10.2 Å². The summed E-state index contributed by atoms with van der Waals surface area (Å²) in [6.45, 7) is 2.16. The Labute approximate surface area is 176 Å². The maximum absolute atomic E-state index is 13.1. The van der Waals surface area contributed by atoms with Crippen molar-refractivity contribution in [2.45, 2.75) is 57.4 Å². The predicted molar refractivity (Wildman–Crippen MR) is 121 cm³/mol. The number of amides is 1. The van der Waals surface area contributed by atoms with Crippen molar-refractivity contribution in [2.24, 2.45) is 5.92 Å². The Kier molecular flexibility index (Phi) is 8.76. The fraction of sp³-hybridized carbons (Fsp3) is 0.500. The van der Waals surface area contributed by atoms with Gasteiger partial charge in [-0.2, -0.15) is 0 Å². The van der Waals surface area contributed by atoms with Gasteiger partial charge in [-0.25, -0.2) is 0 Å². The summed E-state index contributed by atoms with van der Waals surface area (Å²) in [7, 11) is 2.16. The lowest BCUT2D eigenvalue weighted by molar-refractivity contribution is -0.126. The fourth-order valence-electron chi connectivity index (χ4n) is 4.27. The molecule has 2 aromatic rings. The van der Waals surface area contributed by atoms with Gasteiger partial charge in [-0.05, 0) is 82.6 Å². The third-order valence-electron chi connectivity index (χ3n) is 6.16. The Bertz CT molecular complexity index is 663. The van der Waals surface area contributed by atoms with Crippen molar-refractivity contribution in [2.75, 3.05) is 20.1 Å². The smallest absolute Gasteiger partial charge is 0.223 e. The van der Waals surface area contributed by atoms with Gasteiger partial charge in [-0.1, -0.05) is 60.7 Å². The van der Waals surface area contributed by atoms with E-state index >= 15 is 0 Å². The molecule has 3 rings (SSSR count). The molecular weight excluding hydrogens is 356 g/mol. The Morgan fingerprint density at radius 2 is 1.38 bits per heavy atom. The van der Waals surface area contributed by atoms with E-state index in [0.717, 1.165) is 64.5 Å². The van der Waals surface area contributed by atoms with Crippen molar-refractivity contribution >= 4 is 5.91 Å². The second-order valence-corrected chi connectivity index (χ2v) is 8.54. The molecule has 156 valence electrons. The highest BCUT2D eigenvalue weighted by atomic mass is 16.1. The lowest BCUT2D eigenvalue weighted by Gasteiger charge is -2.30. The highest BCUT2D eigenvalue weighted by molar-refractivity contribution is 5.78. The summed E-state index contributed by atoms with van der Waals surface area (Å²) >= 11 is 0. The molecule has 0 aliphatic carbocycles. The average Bonchev–Trinajstić information content (AvgIpc) is 2.76. The number of carbonyl (C=O) groups is 1. The molecule has 1 aliphatic rings. The van der Waals surface area contributed by atoms with Gasteiger partial charge in [0.05, 0.1) is 0 Å². The number of nitrogens with one attached hydrogen (secondary N) is 1. The van der Waals surface area contributed by atoms with Crippen LogP contribution < -0.4 is 5.32 Å². The Balaban J connectivity index is 1.50. The van der Waals surface area contributed by atoms with Crippen molar-refractivity contribution in [3.05, 3.63) is 71.8 Å². The lowest BCUT2D eigenvalue weighted by atomic mass is 9.92. The van der Waals surface area contributed by atoms with Gasteiger partial charge in [0.1, 0.15) is 0 Å². The van der Waals surface area contributed by atoms with E-state index < -0.39 is 0 Å². The van der Waals surface area contributed by atoms with E-state index in [1.807, 2.05) is 0 Å². The van der Waals surface area contributed by atoms with Gasteiger partial charge >= 0.3 is 0 Å². The predicted octanol–water partition coefficient (Wildman–Crippen LogP) is 4.86. The minimum Gasteiger partial charge on any atom is -0.353 e. The minimum atomic E-state index is 0.127. The number of piperidine rings is 1. The van der Waals surface area contributed by atoms with Crippen LogP contribution in [-0.4, -0.2) is 37.0 Å². The summed E-state index contributed by atoms with van der Waals surface area (Å²) in [4.78, 5) is 15.4. The molecule has 0 atom stereocenters. The summed E-state index contributed by atoms with van der Waals surface area (Å²) in [6.07, 6.45) is 8.34. The van der Waals surface area contributed by atoms with Gasteiger partial charge in [0.15, 0.2) is 0 Å². The van der Waals surface area contributed by atoms with Crippen LogP contribution in [0.2, 0.25) is 0 Å². The van der Waals surface area contributed by atoms with Crippen LogP contribution in [0.5, 0.6) is 0 Å². The van der Waals surface area contributed by atoms with E-state index in [2.05, 4.69) is 77.9 Å². The number of likely N-dealkylation sites (tertiary alicyclic amines) is 1. The van der Waals surface area contributed by atoms with Crippen LogP contribution in [0.25, 0.3) is 0 Å². The molecule has 1 amide bonds. The third kappa shape index (κ3) is 7.66. The zero-order valence-electron chi connectivity index (χ0n) is 17.9. The van der Waals surface area contributed by atoms with E-state index in [-0.39, 0.29) is 11.8 Å². The zero-order chi connectivity index (χ0) is 20.3. The molecular formula is C26H36N2O. The van der Waals surface area contributed by atoms with Crippen LogP contribution in [0.15, 0.2) is 60.7 Å². The number of benzene rings is 2. The number of carbonyl (C=O) groups excluding carboxylic acids is 1. The maximum atomic E-state index is 13.1. The largest absolute Gasteiger partial charge is 0.353 e. The first-order valence-corrected chi connectivity index (χ1v) is 11.3. The first-order chi connectivity index (χ1) is 14.2. The standard InChI is InChI=1S/C26H36N2O/c1-28-20-18-25(19-21-28)27-26(29)24(16-8-14-22-10-4-2-5-11-22)17-9-15-23-12-6-3-7-13-23/h2-7,10-13,24-25H,8-9,14-21H2,1H3,(H,27,29). The molecule has 0 saturated carbocycles. The maximum Gasteiger partial charge on any atom is 0.223 e. The molecule has 3 heteroatoms. The summed E-state index contributed by atoms with van der Waals surface area (Å²) in [5, 5.41) is 3.37. The van der Waals surface area contributed by atoms with Crippen molar-refractivity contribution in [1.29, 1.82) is 0 Å². The molecule has 1 aliphatic heterocycles. The molecule has 0 bridgehead atoms. The number of nitrogens with zero attached hydrogens (tertiary/aromatic N) is 1. The second kappa shape index (κ2) is 11.8. The summed E-state index contributed by atoms with van der Waals surface area (Å²) < 4.78 is 0. The molecule has 1 fully saturated rings. The van der Waals surface area contributed by atoms with Gasteiger partial charge in [0, 0.05) is 12.0 Å². The molecule has 3 nitrogen and oxygen atoms in total. The molecule has 0 aromatic heterocycles. The Hall–Kier alpha value is -2.13. The molecule has 0 spiro atoms.